The third-order valence-electron chi connectivity index (χ3n) is 3.12. The summed E-state index contributed by atoms with van der Waals surface area (Å²) < 4.78 is 9.56. The molecule has 1 amide bonds. The maximum absolute atomic E-state index is 12.1. The van der Waals surface area contributed by atoms with Crippen molar-refractivity contribution in [2.24, 2.45) is 0 Å². The molecule has 1 atom stereocenters. The first-order valence-corrected chi connectivity index (χ1v) is 8.07. The number of benzene rings is 1. The first-order chi connectivity index (χ1) is 11.0. The van der Waals surface area contributed by atoms with Crippen LogP contribution in [0.25, 0.3) is 0 Å². The van der Waals surface area contributed by atoms with Crippen LogP contribution < -0.4 is 5.32 Å². The third kappa shape index (κ3) is 4.85. The summed E-state index contributed by atoms with van der Waals surface area (Å²) in [7, 11) is 1.35. The van der Waals surface area contributed by atoms with Gasteiger partial charge in [0.1, 0.15) is 5.76 Å². The number of nitrogens with one attached hydrogen (secondary N) is 1. The number of anilines is 1. The number of ether oxygens (including phenoxy) is 1. The van der Waals surface area contributed by atoms with Crippen LogP contribution in [0.5, 0.6) is 0 Å². The molecule has 0 aliphatic rings. The third-order valence-corrected chi connectivity index (χ3v) is 4.34. The van der Waals surface area contributed by atoms with E-state index in [1.54, 1.807) is 25.1 Å². The average molecular weight is 334 g/mol. The maximum atomic E-state index is 12.1. The van der Waals surface area contributed by atoms with E-state index in [-0.39, 0.29) is 17.1 Å². The van der Waals surface area contributed by atoms with Gasteiger partial charge in [-0.15, -0.1) is 11.8 Å². The summed E-state index contributed by atoms with van der Waals surface area (Å²) >= 11 is 1.50. The topological polar surface area (TPSA) is 81.4 Å². The van der Waals surface area contributed by atoms with Crippen LogP contribution in [0.3, 0.4) is 0 Å². The second-order valence-electron chi connectivity index (χ2n) is 4.95. The Morgan fingerprint density at radius 3 is 2.61 bits per heavy atom. The summed E-state index contributed by atoms with van der Waals surface area (Å²) in [6.07, 6.45) is 0. The van der Waals surface area contributed by atoms with Gasteiger partial charge in [0.2, 0.25) is 5.91 Å². The zero-order valence-corrected chi connectivity index (χ0v) is 14.0. The molecule has 1 heterocycles. The van der Waals surface area contributed by atoms with Crippen molar-refractivity contribution in [1.29, 1.82) is 0 Å². The van der Waals surface area contributed by atoms with Crippen LogP contribution in [-0.2, 0) is 15.3 Å². The lowest BCUT2D eigenvalue weighted by atomic mass is 10.1. The van der Waals surface area contributed by atoms with Crippen molar-refractivity contribution in [3.8, 4) is 0 Å². The van der Waals surface area contributed by atoms with Crippen molar-refractivity contribution in [3.63, 3.8) is 0 Å². The van der Waals surface area contributed by atoms with E-state index in [1.165, 1.54) is 18.9 Å². The largest absolute Gasteiger partial charge is 0.465 e. The number of nitrogens with zero attached hydrogens (tertiary/aromatic N) is 1. The predicted molar refractivity (Wildman–Crippen MR) is 88.4 cm³/mol. The molecular weight excluding hydrogens is 316 g/mol. The van der Waals surface area contributed by atoms with Gasteiger partial charge in [-0.3, -0.25) is 4.79 Å². The van der Waals surface area contributed by atoms with Crippen LogP contribution in [0.4, 0.5) is 5.82 Å². The first kappa shape index (κ1) is 17.1. The highest BCUT2D eigenvalue weighted by molar-refractivity contribution is 7.99. The van der Waals surface area contributed by atoms with Gasteiger partial charge in [-0.05, 0) is 31.5 Å². The lowest BCUT2D eigenvalue weighted by Crippen LogP contribution is -2.22. The van der Waals surface area contributed by atoms with E-state index in [2.05, 4.69) is 15.2 Å². The number of thioether (sulfide) groups is 1. The minimum absolute atomic E-state index is 0.130. The number of carbonyl (C=O) groups excluding carboxylic acids is 2. The van der Waals surface area contributed by atoms with E-state index in [0.29, 0.717) is 22.9 Å². The standard InChI is InChI=1S/C16H18N2O4S/c1-10-8-14(18-22-10)17-15(19)11(2)23-9-12-4-6-13(7-5-12)16(20)21-3/h4-8,11H,9H2,1-3H3,(H,17,18,19)/t11-/m1/s1. The predicted octanol–water partition coefficient (Wildman–Crippen LogP) is 3.03. The highest BCUT2D eigenvalue weighted by Crippen LogP contribution is 2.20. The molecule has 2 aromatic rings. The van der Waals surface area contributed by atoms with Gasteiger partial charge in [-0.25, -0.2) is 4.79 Å². The fraction of sp³-hybridized carbons (Fsp3) is 0.312. The van der Waals surface area contributed by atoms with Gasteiger partial charge < -0.3 is 14.6 Å². The Morgan fingerprint density at radius 1 is 1.35 bits per heavy atom. The normalized spacial score (nSPS) is 11.8. The Hall–Kier alpha value is -2.28. The molecule has 0 saturated heterocycles. The molecule has 1 aromatic carbocycles. The molecule has 2 rings (SSSR count). The van der Waals surface area contributed by atoms with Crippen LogP contribution in [0, 0.1) is 6.92 Å². The molecule has 1 N–H and O–H groups in total. The zero-order chi connectivity index (χ0) is 16.8. The molecule has 0 unspecified atom stereocenters. The summed E-state index contributed by atoms with van der Waals surface area (Å²) in [6.45, 7) is 3.59. The van der Waals surface area contributed by atoms with E-state index >= 15 is 0 Å². The summed E-state index contributed by atoms with van der Waals surface area (Å²) in [6, 6.07) is 8.80. The van der Waals surface area contributed by atoms with Gasteiger partial charge in [0.05, 0.1) is 17.9 Å². The van der Waals surface area contributed by atoms with Crippen LogP contribution in [0.1, 0.15) is 28.6 Å². The lowest BCUT2D eigenvalue weighted by Gasteiger charge is -2.10. The number of aryl methyl sites for hydroxylation is 1. The minimum atomic E-state index is -0.361. The van der Waals surface area contributed by atoms with E-state index in [1.807, 2.05) is 19.1 Å². The molecule has 6 nitrogen and oxygen atoms in total. The molecule has 0 aliphatic heterocycles. The van der Waals surface area contributed by atoms with Gasteiger partial charge in [0.25, 0.3) is 0 Å². The Labute approximate surface area is 138 Å². The van der Waals surface area contributed by atoms with Gasteiger partial charge in [-0.1, -0.05) is 17.3 Å². The monoisotopic (exact) mass is 334 g/mol. The average Bonchev–Trinajstić information content (AvgIpc) is 2.97. The van der Waals surface area contributed by atoms with Gasteiger partial charge >= 0.3 is 5.97 Å². The van der Waals surface area contributed by atoms with Crippen molar-refractivity contribution >= 4 is 29.5 Å². The van der Waals surface area contributed by atoms with Crippen molar-refractivity contribution in [2.45, 2.75) is 24.9 Å². The quantitative estimate of drug-likeness (QED) is 0.818. The van der Waals surface area contributed by atoms with Gasteiger partial charge in [-0.2, -0.15) is 0 Å². The lowest BCUT2D eigenvalue weighted by molar-refractivity contribution is -0.115. The van der Waals surface area contributed by atoms with Crippen molar-refractivity contribution in [3.05, 3.63) is 47.2 Å². The van der Waals surface area contributed by atoms with Gasteiger partial charge in [0, 0.05) is 11.8 Å². The highest BCUT2D eigenvalue weighted by atomic mass is 32.2. The highest BCUT2D eigenvalue weighted by Gasteiger charge is 2.15. The summed E-state index contributed by atoms with van der Waals surface area (Å²) in [5, 5.41) is 6.19. The minimum Gasteiger partial charge on any atom is -0.465 e. The second kappa shape index (κ2) is 7.82. The number of hydrogen-bond donors (Lipinski definition) is 1. The second-order valence-corrected chi connectivity index (χ2v) is 6.28. The Kier molecular flexibility index (Phi) is 5.81. The molecule has 0 bridgehead atoms. The molecular formula is C16H18N2O4S. The smallest absolute Gasteiger partial charge is 0.337 e. The summed E-state index contributed by atoms with van der Waals surface area (Å²) in [4.78, 5) is 23.4. The number of hydrogen-bond acceptors (Lipinski definition) is 6. The van der Waals surface area contributed by atoms with Gasteiger partial charge in [0.15, 0.2) is 5.82 Å². The molecule has 7 heteroatoms. The number of amides is 1. The molecule has 0 aliphatic carbocycles. The first-order valence-electron chi connectivity index (χ1n) is 7.02. The van der Waals surface area contributed by atoms with Crippen molar-refractivity contribution in [2.75, 3.05) is 12.4 Å². The summed E-state index contributed by atoms with van der Waals surface area (Å²) in [5.41, 5.74) is 1.54. The molecule has 0 saturated carbocycles. The molecule has 1 aromatic heterocycles. The number of esters is 1. The maximum Gasteiger partial charge on any atom is 0.337 e. The molecule has 122 valence electrons. The molecule has 0 radical (unpaired) electrons. The number of carbonyl (C=O) groups is 2. The van der Waals surface area contributed by atoms with Crippen LogP contribution >= 0.6 is 11.8 Å². The number of rotatable bonds is 6. The van der Waals surface area contributed by atoms with Crippen molar-refractivity contribution < 1.29 is 18.8 Å². The SMILES string of the molecule is COC(=O)c1ccc(CS[C@H](C)C(=O)Nc2cc(C)on2)cc1. The van der Waals surface area contributed by atoms with E-state index < -0.39 is 0 Å². The van der Waals surface area contributed by atoms with Crippen molar-refractivity contribution in [1.82, 2.24) is 5.16 Å². The fourth-order valence-electron chi connectivity index (χ4n) is 1.80. The number of aromatic nitrogens is 1. The van der Waals surface area contributed by atoms with Crippen LogP contribution in [0.15, 0.2) is 34.9 Å². The zero-order valence-electron chi connectivity index (χ0n) is 13.2. The fourth-order valence-corrected chi connectivity index (χ4v) is 2.65. The molecule has 23 heavy (non-hydrogen) atoms. The van der Waals surface area contributed by atoms with Crippen LogP contribution in [-0.4, -0.2) is 29.4 Å². The van der Waals surface area contributed by atoms with E-state index in [4.69, 9.17) is 4.52 Å². The molecule has 0 spiro atoms. The molecule has 0 fully saturated rings. The van der Waals surface area contributed by atoms with Crippen LogP contribution in [0.2, 0.25) is 0 Å². The Morgan fingerprint density at radius 2 is 2.04 bits per heavy atom. The Balaban J connectivity index is 1.84. The number of methoxy groups -OCH3 is 1. The van der Waals surface area contributed by atoms with E-state index in [9.17, 15) is 9.59 Å². The Bertz CT molecular complexity index is 682. The van der Waals surface area contributed by atoms with E-state index in [0.717, 1.165) is 5.56 Å². The summed E-state index contributed by atoms with van der Waals surface area (Å²) in [5.74, 6) is 1.23.